The first-order valence-electron chi connectivity index (χ1n) is 6.13. The lowest BCUT2D eigenvalue weighted by Gasteiger charge is -2.23. The van der Waals surface area contributed by atoms with Gasteiger partial charge in [-0.3, -0.25) is 0 Å². The Morgan fingerprint density at radius 2 is 2.00 bits per heavy atom. The number of carbonyl (C=O) groups is 1. The Labute approximate surface area is 125 Å². The van der Waals surface area contributed by atoms with E-state index in [1.807, 2.05) is 0 Å². The van der Waals surface area contributed by atoms with E-state index in [0.29, 0.717) is 26.1 Å². The number of ether oxygens (including phenoxy) is 1. The summed E-state index contributed by atoms with van der Waals surface area (Å²) in [6.45, 7) is 0.817. The Kier molecular flexibility index (Phi) is 4.82. The van der Waals surface area contributed by atoms with E-state index in [2.05, 4.69) is 4.72 Å². The number of sulfonamides is 1. The molecule has 0 unspecified atom stereocenters. The molecule has 21 heavy (non-hydrogen) atoms. The average molecular weight is 338 g/mol. The minimum absolute atomic E-state index is 0.166. The van der Waals surface area contributed by atoms with Crippen LogP contribution in [0, 0.1) is 5.82 Å². The predicted molar refractivity (Wildman–Crippen MR) is 72.5 cm³/mol. The van der Waals surface area contributed by atoms with Crippen molar-refractivity contribution >= 4 is 27.6 Å². The van der Waals surface area contributed by atoms with E-state index in [0.717, 1.165) is 12.1 Å². The molecular weight excluding hydrogens is 325 g/mol. The Hall–Kier alpha value is -1.22. The third kappa shape index (κ3) is 3.70. The fourth-order valence-corrected chi connectivity index (χ4v) is 3.73. The van der Waals surface area contributed by atoms with Gasteiger partial charge in [0.05, 0.1) is 5.56 Å². The van der Waals surface area contributed by atoms with Crippen LogP contribution in [0.15, 0.2) is 17.0 Å². The van der Waals surface area contributed by atoms with E-state index in [1.165, 1.54) is 0 Å². The van der Waals surface area contributed by atoms with Gasteiger partial charge in [-0.2, -0.15) is 0 Å². The summed E-state index contributed by atoms with van der Waals surface area (Å²) < 4.78 is 45.9. The van der Waals surface area contributed by atoms with Crippen molar-refractivity contribution in [3.63, 3.8) is 0 Å². The van der Waals surface area contributed by atoms with E-state index in [4.69, 9.17) is 21.4 Å². The highest BCUT2D eigenvalue weighted by atomic mass is 35.5. The van der Waals surface area contributed by atoms with E-state index >= 15 is 0 Å². The summed E-state index contributed by atoms with van der Waals surface area (Å²) in [5.41, 5.74) is -0.783. The van der Waals surface area contributed by atoms with Crippen LogP contribution in [0.2, 0.25) is 5.02 Å². The SMILES string of the molecule is O=C(O)c1cc(Cl)cc(S(=O)(=O)NC2CCOCC2)c1F. The van der Waals surface area contributed by atoms with Crippen LogP contribution in [-0.4, -0.2) is 38.7 Å². The molecule has 0 amide bonds. The molecule has 9 heteroatoms. The van der Waals surface area contributed by atoms with Crippen molar-refractivity contribution in [1.29, 1.82) is 0 Å². The third-order valence-corrected chi connectivity index (χ3v) is 4.80. The number of hydrogen-bond acceptors (Lipinski definition) is 4. The van der Waals surface area contributed by atoms with Crippen molar-refractivity contribution in [3.8, 4) is 0 Å². The third-order valence-electron chi connectivity index (χ3n) is 3.07. The molecule has 0 spiro atoms. The van der Waals surface area contributed by atoms with Crippen molar-refractivity contribution in [3.05, 3.63) is 28.5 Å². The van der Waals surface area contributed by atoms with Gasteiger partial charge < -0.3 is 9.84 Å². The summed E-state index contributed by atoms with van der Waals surface area (Å²) in [6, 6.07) is 1.38. The van der Waals surface area contributed by atoms with Crippen molar-refractivity contribution in [1.82, 2.24) is 4.72 Å². The fourth-order valence-electron chi connectivity index (χ4n) is 2.01. The molecule has 1 aromatic rings. The first-order valence-corrected chi connectivity index (χ1v) is 8.00. The fraction of sp³-hybridized carbons (Fsp3) is 0.417. The van der Waals surface area contributed by atoms with Crippen LogP contribution in [0.1, 0.15) is 23.2 Å². The maximum atomic E-state index is 14.1. The second kappa shape index (κ2) is 6.27. The molecule has 1 heterocycles. The summed E-state index contributed by atoms with van der Waals surface area (Å²) in [7, 11) is -4.20. The maximum Gasteiger partial charge on any atom is 0.338 e. The van der Waals surface area contributed by atoms with Crippen LogP contribution in [0.5, 0.6) is 0 Å². The lowest BCUT2D eigenvalue weighted by Crippen LogP contribution is -2.39. The highest BCUT2D eigenvalue weighted by molar-refractivity contribution is 7.89. The molecule has 1 aliphatic rings. The molecule has 1 fully saturated rings. The molecule has 0 aromatic heterocycles. The second-order valence-corrected chi connectivity index (χ2v) is 6.70. The molecule has 2 N–H and O–H groups in total. The van der Waals surface area contributed by atoms with Gasteiger partial charge >= 0.3 is 5.97 Å². The van der Waals surface area contributed by atoms with Crippen molar-refractivity contribution in [2.45, 2.75) is 23.8 Å². The molecule has 0 bridgehead atoms. The van der Waals surface area contributed by atoms with Crippen LogP contribution in [0.4, 0.5) is 4.39 Å². The number of nitrogens with one attached hydrogen (secondary N) is 1. The number of hydrogen-bond donors (Lipinski definition) is 2. The smallest absolute Gasteiger partial charge is 0.338 e. The van der Waals surface area contributed by atoms with Gasteiger partial charge in [0.25, 0.3) is 0 Å². The molecule has 6 nitrogen and oxygen atoms in total. The van der Waals surface area contributed by atoms with Gasteiger partial charge in [0.2, 0.25) is 10.0 Å². The summed E-state index contributed by atoms with van der Waals surface area (Å²) in [5, 5.41) is 8.71. The van der Waals surface area contributed by atoms with Crippen molar-refractivity contribution < 1.29 is 27.4 Å². The van der Waals surface area contributed by atoms with Crippen LogP contribution < -0.4 is 4.72 Å². The number of carboxylic acid groups (broad SMARTS) is 1. The first kappa shape index (κ1) is 16.2. The van der Waals surface area contributed by atoms with Gasteiger partial charge in [0, 0.05) is 24.3 Å². The Balaban J connectivity index is 2.37. The van der Waals surface area contributed by atoms with Crippen LogP contribution in [-0.2, 0) is 14.8 Å². The highest BCUT2D eigenvalue weighted by Crippen LogP contribution is 2.24. The van der Waals surface area contributed by atoms with E-state index in [-0.39, 0.29) is 11.1 Å². The molecule has 0 radical (unpaired) electrons. The number of aromatic carboxylic acids is 1. The number of rotatable bonds is 4. The monoisotopic (exact) mass is 337 g/mol. The number of carboxylic acids is 1. The Morgan fingerprint density at radius 1 is 1.38 bits per heavy atom. The zero-order chi connectivity index (χ0) is 15.6. The van der Waals surface area contributed by atoms with Gasteiger partial charge in [0.1, 0.15) is 4.90 Å². The lowest BCUT2D eigenvalue weighted by atomic mass is 10.1. The molecule has 0 atom stereocenters. The molecule has 0 aliphatic carbocycles. The minimum Gasteiger partial charge on any atom is -0.478 e. The second-order valence-electron chi connectivity index (χ2n) is 4.58. The largest absolute Gasteiger partial charge is 0.478 e. The van der Waals surface area contributed by atoms with Gasteiger partial charge in [-0.05, 0) is 25.0 Å². The topological polar surface area (TPSA) is 92.7 Å². The van der Waals surface area contributed by atoms with E-state index in [9.17, 15) is 17.6 Å². The van der Waals surface area contributed by atoms with Crippen molar-refractivity contribution in [2.75, 3.05) is 13.2 Å². The average Bonchev–Trinajstić information content (AvgIpc) is 2.41. The molecule has 0 saturated carbocycles. The van der Waals surface area contributed by atoms with Crippen molar-refractivity contribution in [2.24, 2.45) is 0 Å². The normalized spacial score (nSPS) is 16.9. The number of halogens is 2. The van der Waals surface area contributed by atoms with Crippen LogP contribution >= 0.6 is 11.6 Å². The highest BCUT2D eigenvalue weighted by Gasteiger charge is 2.28. The van der Waals surface area contributed by atoms with Gasteiger partial charge in [0.15, 0.2) is 5.82 Å². The molecule has 1 aromatic carbocycles. The molecule has 116 valence electrons. The zero-order valence-corrected chi connectivity index (χ0v) is 12.4. The quantitative estimate of drug-likeness (QED) is 0.871. The molecule has 1 saturated heterocycles. The van der Waals surface area contributed by atoms with Gasteiger partial charge in [-0.1, -0.05) is 11.6 Å². The summed E-state index contributed by atoms with van der Waals surface area (Å²) >= 11 is 5.67. The van der Waals surface area contributed by atoms with Gasteiger partial charge in [-0.25, -0.2) is 22.3 Å². The Morgan fingerprint density at radius 3 is 2.57 bits per heavy atom. The summed E-state index contributed by atoms with van der Waals surface area (Å²) in [5.74, 6) is -2.91. The summed E-state index contributed by atoms with van der Waals surface area (Å²) in [4.78, 5) is 10.1. The number of benzene rings is 1. The van der Waals surface area contributed by atoms with E-state index in [1.54, 1.807) is 0 Å². The van der Waals surface area contributed by atoms with Gasteiger partial charge in [-0.15, -0.1) is 0 Å². The van der Waals surface area contributed by atoms with E-state index < -0.39 is 32.3 Å². The first-order chi connectivity index (χ1) is 9.81. The molecule has 2 rings (SSSR count). The molecular formula is C12H13ClFNO5S. The van der Waals surface area contributed by atoms with Crippen LogP contribution in [0.3, 0.4) is 0 Å². The minimum atomic E-state index is -4.20. The Bertz CT molecular complexity index is 658. The lowest BCUT2D eigenvalue weighted by molar-refractivity contribution is 0.0691. The zero-order valence-electron chi connectivity index (χ0n) is 10.8. The predicted octanol–water partition coefficient (Wildman–Crippen LogP) is 1.63. The van der Waals surface area contributed by atoms with Crippen LogP contribution in [0.25, 0.3) is 0 Å². The standard InChI is InChI=1S/C12H13ClFNO5S/c13-7-5-9(12(16)17)11(14)10(6-7)21(18,19)15-8-1-3-20-4-2-8/h5-6,8,15H,1-4H2,(H,16,17). The summed E-state index contributed by atoms with van der Waals surface area (Å²) in [6.07, 6.45) is 0.931. The molecule has 1 aliphatic heterocycles. The maximum absolute atomic E-state index is 14.1.